The van der Waals surface area contributed by atoms with Gasteiger partial charge in [-0.25, -0.2) is 4.79 Å². The van der Waals surface area contributed by atoms with Crippen LogP contribution in [0.5, 0.6) is 0 Å². The van der Waals surface area contributed by atoms with Gasteiger partial charge in [-0.3, -0.25) is 14.7 Å². The molecule has 2 aliphatic heterocycles. The summed E-state index contributed by atoms with van der Waals surface area (Å²) in [5.74, 6) is -0.128. The molecule has 1 aromatic carbocycles. The van der Waals surface area contributed by atoms with Gasteiger partial charge in [-0.15, -0.1) is 0 Å². The number of hydrogen-bond acceptors (Lipinski definition) is 5. The van der Waals surface area contributed by atoms with Gasteiger partial charge in [0.1, 0.15) is 0 Å². The van der Waals surface area contributed by atoms with Gasteiger partial charge in [0, 0.05) is 55.9 Å². The third-order valence-electron chi connectivity index (χ3n) is 5.96. The van der Waals surface area contributed by atoms with E-state index in [1.54, 1.807) is 24.5 Å². The second-order valence-corrected chi connectivity index (χ2v) is 7.81. The van der Waals surface area contributed by atoms with E-state index < -0.39 is 0 Å². The van der Waals surface area contributed by atoms with Crippen molar-refractivity contribution in [3.8, 4) is 0 Å². The first-order chi connectivity index (χ1) is 14.6. The Bertz CT molecular complexity index is 895. The molecule has 0 aliphatic carbocycles. The van der Waals surface area contributed by atoms with Crippen LogP contribution in [0.1, 0.15) is 41.3 Å². The van der Waals surface area contributed by atoms with Gasteiger partial charge in [-0.1, -0.05) is 6.07 Å². The van der Waals surface area contributed by atoms with E-state index in [0.717, 1.165) is 51.1 Å². The molecule has 0 radical (unpaired) electrons. The highest BCUT2D eigenvalue weighted by atomic mass is 16.6. The number of ether oxygens (including phenoxy) is 1. The summed E-state index contributed by atoms with van der Waals surface area (Å²) < 4.78 is 5.12. The third-order valence-corrected chi connectivity index (χ3v) is 5.96. The van der Waals surface area contributed by atoms with Gasteiger partial charge < -0.3 is 15.0 Å². The molecule has 1 fully saturated rings. The van der Waals surface area contributed by atoms with Gasteiger partial charge in [0.15, 0.2) is 0 Å². The Hall–Kier alpha value is -2.93. The van der Waals surface area contributed by atoms with Crippen LogP contribution in [0, 0.1) is 0 Å². The summed E-state index contributed by atoms with van der Waals surface area (Å²) in [5.41, 5.74) is 4.02. The highest BCUT2D eigenvalue weighted by Crippen LogP contribution is 2.27. The number of likely N-dealkylation sites (tertiary alicyclic amines) is 1. The largest absolute Gasteiger partial charge is 0.450 e. The lowest BCUT2D eigenvalue weighted by atomic mass is 9.95. The van der Waals surface area contributed by atoms with Crippen molar-refractivity contribution in [2.24, 2.45) is 0 Å². The van der Waals surface area contributed by atoms with Crippen molar-refractivity contribution in [3.63, 3.8) is 0 Å². The third kappa shape index (κ3) is 4.62. The fraction of sp³-hybridized carbons (Fsp3) is 0.435. The molecule has 0 saturated carbocycles. The van der Waals surface area contributed by atoms with Crippen LogP contribution in [0.2, 0.25) is 0 Å². The number of carbonyl (C=O) groups excluding carboxylic acids is 2. The molecule has 4 rings (SSSR count). The zero-order valence-electron chi connectivity index (χ0n) is 17.3. The molecule has 0 spiro atoms. The number of carbonyl (C=O) groups is 2. The number of anilines is 1. The number of benzene rings is 1. The normalized spacial score (nSPS) is 17.3. The Morgan fingerprint density at radius 2 is 1.87 bits per heavy atom. The summed E-state index contributed by atoms with van der Waals surface area (Å²) in [7, 11) is 0. The quantitative estimate of drug-likeness (QED) is 0.840. The predicted octanol–water partition coefficient (Wildman–Crippen LogP) is 3.31. The van der Waals surface area contributed by atoms with Crippen LogP contribution >= 0.6 is 0 Å². The van der Waals surface area contributed by atoms with Crippen molar-refractivity contribution in [3.05, 3.63) is 59.4 Å². The van der Waals surface area contributed by atoms with Crippen LogP contribution in [-0.4, -0.2) is 59.1 Å². The van der Waals surface area contributed by atoms with E-state index in [4.69, 9.17) is 4.74 Å². The summed E-state index contributed by atoms with van der Waals surface area (Å²) in [4.78, 5) is 32.6. The number of hydrogen-bond donors (Lipinski definition) is 1. The number of pyridine rings is 1. The topological polar surface area (TPSA) is 74.8 Å². The highest BCUT2D eigenvalue weighted by Gasteiger charge is 2.29. The summed E-state index contributed by atoms with van der Waals surface area (Å²) in [6.45, 7) is 5.65. The zero-order valence-corrected chi connectivity index (χ0v) is 17.3. The monoisotopic (exact) mass is 408 g/mol. The minimum atomic E-state index is -0.200. The molecular formula is C23H28N4O3. The van der Waals surface area contributed by atoms with Crippen LogP contribution in [0.4, 0.5) is 10.5 Å². The lowest BCUT2D eigenvalue weighted by molar-refractivity contribution is 0.0706. The molecule has 1 N–H and O–H groups in total. The summed E-state index contributed by atoms with van der Waals surface area (Å²) in [6.07, 6.45) is 5.97. The minimum absolute atomic E-state index is 0.128. The maximum absolute atomic E-state index is 12.4. The van der Waals surface area contributed by atoms with E-state index in [-0.39, 0.29) is 12.0 Å². The molecule has 0 atom stereocenters. The molecular weight excluding hydrogens is 380 g/mol. The molecule has 1 aromatic heterocycles. The molecule has 0 bridgehead atoms. The number of piperidine rings is 1. The van der Waals surface area contributed by atoms with Crippen LogP contribution in [0.25, 0.3) is 0 Å². The van der Waals surface area contributed by atoms with Crippen molar-refractivity contribution in [1.82, 2.24) is 14.8 Å². The van der Waals surface area contributed by atoms with Crippen LogP contribution < -0.4 is 5.32 Å². The summed E-state index contributed by atoms with van der Waals surface area (Å²) in [5, 5.41) is 2.99. The average molecular weight is 409 g/mol. The first-order valence-electron chi connectivity index (χ1n) is 10.6. The SMILES string of the molecule is CCOC(=O)N1CCC(N2CCc3ccc(NC(=O)c4ccncc4)cc3C2)CC1. The Morgan fingerprint density at radius 1 is 1.10 bits per heavy atom. The van der Waals surface area contributed by atoms with Gasteiger partial charge in [0.05, 0.1) is 6.61 Å². The van der Waals surface area contributed by atoms with E-state index in [2.05, 4.69) is 27.3 Å². The van der Waals surface area contributed by atoms with Crippen molar-refractivity contribution in [2.75, 3.05) is 31.6 Å². The standard InChI is InChI=1S/C23H28N4O3/c1-2-30-23(29)26-13-8-21(9-14-26)27-12-7-17-3-4-20(15-19(17)16-27)25-22(28)18-5-10-24-11-6-18/h3-6,10-11,15,21H,2,7-9,12-14,16H2,1H3,(H,25,28). The van der Waals surface area contributed by atoms with Crippen molar-refractivity contribution in [2.45, 2.75) is 38.8 Å². The van der Waals surface area contributed by atoms with Crippen molar-refractivity contribution in [1.29, 1.82) is 0 Å². The van der Waals surface area contributed by atoms with E-state index in [1.807, 2.05) is 17.9 Å². The fourth-order valence-electron chi connectivity index (χ4n) is 4.30. The highest BCUT2D eigenvalue weighted by molar-refractivity contribution is 6.04. The van der Waals surface area contributed by atoms with Gasteiger partial charge in [-0.2, -0.15) is 0 Å². The molecule has 30 heavy (non-hydrogen) atoms. The maximum atomic E-state index is 12.4. The Morgan fingerprint density at radius 3 is 2.60 bits per heavy atom. The molecule has 3 heterocycles. The van der Waals surface area contributed by atoms with Gasteiger partial charge in [0.25, 0.3) is 5.91 Å². The number of aromatic nitrogens is 1. The molecule has 158 valence electrons. The second-order valence-electron chi connectivity index (χ2n) is 7.81. The number of fused-ring (bicyclic) bond motifs is 1. The van der Waals surface area contributed by atoms with E-state index in [9.17, 15) is 9.59 Å². The molecule has 0 unspecified atom stereocenters. The fourth-order valence-corrected chi connectivity index (χ4v) is 4.30. The van der Waals surface area contributed by atoms with Crippen molar-refractivity contribution >= 4 is 17.7 Å². The molecule has 7 heteroatoms. The zero-order chi connectivity index (χ0) is 20.9. The molecule has 2 amide bonds. The number of nitrogens with one attached hydrogen (secondary N) is 1. The molecule has 7 nitrogen and oxygen atoms in total. The smallest absolute Gasteiger partial charge is 0.409 e. The summed E-state index contributed by atoms with van der Waals surface area (Å²) in [6, 6.07) is 10.1. The van der Waals surface area contributed by atoms with Gasteiger partial charge >= 0.3 is 6.09 Å². The number of nitrogens with zero attached hydrogens (tertiary/aromatic N) is 3. The summed E-state index contributed by atoms with van der Waals surface area (Å²) >= 11 is 0. The van der Waals surface area contributed by atoms with Crippen molar-refractivity contribution < 1.29 is 14.3 Å². The molecule has 2 aliphatic rings. The number of amides is 2. The second kappa shape index (κ2) is 9.26. The predicted molar refractivity (Wildman–Crippen MR) is 114 cm³/mol. The minimum Gasteiger partial charge on any atom is -0.450 e. The molecule has 2 aromatic rings. The lowest BCUT2D eigenvalue weighted by Crippen LogP contribution is -2.48. The molecule has 1 saturated heterocycles. The van der Waals surface area contributed by atoms with Crippen LogP contribution in [0.15, 0.2) is 42.7 Å². The number of rotatable bonds is 4. The van der Waals surface area contributed by atoms with Gasteiger partial charge in [-0.05, 0) is 61.6 Å². The Kier molecular flexibility index (Phi) is 6.28. The Balaban J connectivity index is 1.37. The first kappa shape index (κ1) is 20.3. The average Bonchev–Trinajstić information content (AvgIpc) is 2.79. The van der Waals surface area contributed by atoms with Crippen LogP contribution in [0.3, 0.4) is 0 Å². The van der Waals surface area contributed by atoms with E-state index in [0.29, 0.717) is 18.2 Å². The van der Waals surface area contributed by atoms with E-state index >= 15 is 0 Å². The Labute approximate surface area is 177 Å². The maximum Gasteiger partial charge on any atom is 0.409 e. The first-order valence-corrected chi connectivity index (χ1v) is 10.6. The van der Waals surface area contributed by atoms with Crippen LogP contribution in [-0.2, 0) is 17.7 Å². The van der Waals surface area contributed by atoms with Gasteiger partial charge in [0.2, 0.25) is 0 Å². The van der Waals surface area contributed by atoms with E-state index in [1.165, 1.54) is 11.1 Å². The lowest BCUT2D eigenvalue weighted by Gasteiger charge is -2.40.